The van der Waals surface area contributed by atoms with Crippen molar-refractivity contribution < 1.29 is 0 Å². The predicted octanol–water partition coefficient (Wildman–Crippen LogP) is 3.90. The largest absolute Gasteiger partial charge is 0.381 e. The lowest BCUT2D eigenvalue weighted by molar-refractivity contribution is 0.237. The van der Waals surface area contributed by atoms with Crippen molar-refractivity contribution in [3.63, 3.8) is 0 Å². The minimum absolute atomic E-state index is 0.491. The fourth-order valence-corrected chi connectivity index (χ4v) is 2.62. The SMILES string of the molecule is CC(C)[C@@H](CN[C@@H](C)C1CCC1)Nc1ccccc1. The third kappa shape index (κ3) is 4.24. The zero-order valence-corrected chi connectivity index (χ0v) is 12.5. The molecule has 2 rings (SSSR count). The number of hydrogen-bond acceptors (Lipinski definition) is 2. The van der Waals surface area contributed by atoms with Crippen molar-refractivity contribution in [2.45, 2.75) is 52.1 Å². The second kappa shape index (κ2) is 6.95. The highest BCUT2D eigenvalue weighted by molar-refractivity contribution is 5.43. The van der Waals surface area contributed by atoms with E-state index in [0.717, 1.165) is 12.5 Å². The third-order valence-corrected chi connectivity index (χ3v) is 4.45. The first kappa shape index (κ1) is 14.4. The molecule has 1 aromatic rings. The Hall–Kier alpha value is -1.02. The van der Waals surface area contributed by atoms with Gasteiger partial charge in [0, 0.05) is 24.3 Å². The number of hydrogen-bond donors (Lipinski definition) is 2. The molecule has 0 aliphatic heterocycles. The molecule has 0 radical (unpaired) electrons. The first-order chi connectivity index (χ1) is 9.16. The highest BCUT2D eigenvalue weighted by atomic mass is 15.0. The molecule has 2 atom stereocenters. The summed E-state index contributed by atoms with van der Waals surface area (Å²) in [6, 6.07) is 11.7. The Bertz CT molecular complexity index is 357. The third-order valence-electron chi connectivity index (χ3n) is 4.45. The van der Waals surface area contributed by atoms with Crippen LogP contribution in [0.25, 0.3) is 0 Å². The maximum absolute atomic E-state index is 3.72. The van der Waals surface area contributed by atoms with Crippen molar-refractivity contribution in [1.29, 1.82) is 0 Å². The molecule has 106 valence electrons. The molecule has 1 aliphatic carbocycles. The van der Waals surface area contributed by atoms with Gasteiger partial charge in [0.05, 0.1) is 0 Å². The van der Waals surface area contributed by atoms with Gasteiger partial charge >= 0.3 is 0 Å². The van der Waals surface area contributed by atoms with Gasteiger partial charge in [-0.1, -0.05) is 38.5 Å². The van der Waals surface area contributed by atoms with Gasteiger partial charge in [-0.2, -0.15) is 0 Å². The number of anilines is 1. The van der Waals surface area contributed by atoms with E-state index in [9.17, 15) is 0 Å². The lowest BCUT2D eigenvalue weighted by Crippen LogP contribution is -2.44. The Labute approximate surface area is 118 Å². The number of benzene rings is 1. The van der Waals surface area contributed by atoms with Crippen LogP contribution in [0.4, 0.5) is 5.69 Å². The highest BCUT2D eigenvalue weighted by Gasteiger charge is 2.24. The Balaban J connectivity index is 1.82. The molecule has 1 aliphatic rings. The zero-order valence-electron chi connectivity index (χ0n) is 12.5. The monoisotopic (exact) mass is 260 g/mol. The van der Waals surface area contributed by atoms with E-state index < -0.39 is 0 Å². The topological polar surface area (TPSA) is 24.1 Å². The molecule has 0 heterocycles. The van der Waals surface area contributed by atoms with Crippen molar-refractivity contribution >= 4 is 5.69 Å². The van der Waals surface area contributed by atoms with Crippen molar-refractivity contribution in [2.24, 2.45) is 11.8 Å². The summed E-state index contributed by atoms with van der Waals surface area (Å²) in [4.78, 5) is 0. The average molecular weight is 260 g/mol. The van der Waals surface area contributed by atoms with Crippen LogP contribution in [-0.2, 0) is 0 Å². The van der Waals surface area contributed by atoms with Gasteiger partial charge in [0.2, 0.25) is 0 Å². The van der Waals surface area contributed by atoms with Crippen molar-refractivity contribution in [3.8, 4) is 0 Å². The van der Waals surface area contributed by atoms with E-state index >= 15 is 0 Å². The molecule has 0 aromatic heterocycles. The van der Waals surface area contributed by atoms with Gasteiger partial charge in [0.25, 0.3) is 0 Å². The molecular weight excluding hydrogens is 232 g/mol. The van der Waals surface area contributed by atoms with E-state index in [0.29, 0.717) is 18.0 Å². The molecule has 0 saturated heterocycles. The first-order valence-corrected chi connectivity index (χ1v) is 7.72. The van der Waals surface area contributed by atoms with Crippen molar-refractivity contribution in [1.82, 2.24) is 5.32 Å². The van der Waals surface area contributed by atoms with E-state index in [-0.39, 0.29) is 0 Å². The summed E-state index contributed by atoms with van der Waals surface area (Å²) < 4.78 is 0. The molecule has 2 N–H and O–H groups in total. The Morgan fingerprint density at radius 1 is 1.11 bits per heavy atom. The lowest BCUT2D eigenvalue weighted by atomic mass is 9.80. The fraction of sp³-hybridized carbons (Fsp3) is 0.647. The van der Waals surface area contributed by atoms with Crippen LogP contribution in [0.2, 0.25) is 0 Å². The van der Waals surface area contributed by atoms with Gasteiger partial charge in [0.15, 0.2) is 0 Å². The number of rotatable bonds is 7. The molecule has 1 aromatic carbocycles. The second-order valence-corrected chi connectivity index (χ2v) is 6.25. The molecule has 1 fully saturated rings. The van der Waals surface area contributed by atoms with Crippen LogP contribution >= 0.6 is 0 Å². The van der Waals surface area contributed by atoms with Gasteiger partial charge in [-0.05, 0) is 43.7 Å². The second-order valence-electron chi connectivity index (χ2n) is 6.25. The Morgan fingerprint density at radius 3 is 2.32 bits per heavy atom. The maximum Gasteiger partial charge on any atom is 0.0408 e. The molecule has 2 nitrogen and oxygen atoms in total. The Morgan fingerprint density at radius 2 is 1.79 bits per heavy atom. The average Bonchev–Trinajstić information content (AvgIpc) is 2.33. The van der Waals surface area contributed by atoms with E-state index in [1.807, 2.05) is 0 Å². The van der Waals surface area contributed by atoms with Crippen LogP contribution in [0.15, 0.2) is 30.3 Å². The van der Waals surface area contributed by atoms with Crippen LogP contribution in [0, 0.1) is 11.8 Å². The summed E-state index contributed by atoms with van der Waals surface area (Å²) in [5.74, 6) is 1.53. The van der Waals surface area contributed by atoms with Crippen LogP contribution in [0.5, 0.6) is 0 Å². The van der Waals surface area contributed by atoms with E-state index in [1.54, 1.807) is 0 Å². The van der Waals surface area contributed by atoms with Crippen LogP contribution in [-0.4, -0.2) is 18.6 Å². The van der Waals surface area contributed by atoms with Gasteiger partial charge in [-0.3, -0.25) is 0 Å². The number of nitrogens with one attached hydrogen (secondary N) is 2. The molecule has 2 heteroatoms. The minimum atomic E-state index is 0.491. The molecule has 0 amide bonds. The summed E-state index contributed by atoms with van der Waals surface area (Å²) in [6.07, 6.45) is 4.24. The summed E-state index contributed by atoms with van der Waals surface area (Å²) in [7, 11) is 0. The maximum atomic E-state index is 3.72. The molecular formula is C17H28N2. The standard InChI is InChI=1S/C17H28N2/c1-13(2)17(19-16-10-5-4-6-11-16)12-18-14(3)15-8-7-9-15/h4-6,10-11,13-15,17-19H,7-9,12H2,1-3H3/t14-,17+/m0/s1. The van der Waals surface area contributed by atoms with Gasteiger partial charge in [0.1, 0.15) is 0 Å². The minimum Gasteiger partial charge on any atom is -0.381 e. The van der Waals surface area contributed by atoms with E-state index in [1.165, 1.54) is 24.9 Å². The quantitative estimate of drug-likeness (QED) is 0.777. The molecule has 0 unspecified atom stereocenters. The lowest BCUT2D eigenvalue weighted by Gasteiger charge is -2.34. The molecule has 0 spiro atoms. The fourth-order valence-electron chi connectivity index (χ4n) is 2.62. The molecule has 19 heavy (non-hydrogen) atoms. The van der Waals surface area contributed by atoms with Crippen molar-refractivity contribution in [2.75, 3.05) is 11.9 Å². The molecule has 1 saturated carbocycles. The zero-order chi connectivity index (χ0) is 13.7. The predicted molar refractivity (Wildman–Crippen MR) is 83.5 cm³/mol. The van der Waals surface area contributed by atoms with Gasteiger partial charge in [-0.25, -0.2) is 0 Å². The van der Waals surface area contributed by atoms with Gasteiger partial charge in [-0.15, -0.1) is 0 Å². The molecule has 0 bridgehead atoms. The van der Waals surface area contributed by atoms with Crippen molar-refractivity contribution in [3.05, 3.63) is 30.3 Å². The summed E-state index contributed by atoms with van der Waals surface area (Å²) in [6.45, 7) is 7.96. The normalized spacial score (nSPS) is 18.9. The van der Waals surface area contributed by atoms with Crippen LogP contribution in [0.1, 0.15) is 40.0 Å². The summed E-state index contributed by atoms with van der Waals surface area (Å²) >= 11 is 0. The first-order valence-electron chi connectivity index (χ1n) is 7.72. The van der Waals surface area contributed by atoms with E-state index in [4.69, 9.17) is 0 Å². The smallest absolute Gasteiger partial charge is 0.0408 e. The Kier molecular flexibility index (Phi) is 5.26. The van der Waals surface area contributed by atoms with E-state index in [2.05, 4.69) is 61.7 Å². The van der Waals surface area contributed by atoms with Crippen LogP contribution in [0.3, 0.4) is 0 Å². The number of para-hydroxylation sites is 1. The van der Waals surface area contributed by atoms with Gasteiger partial charge < -0.3 is 10.6 Å². The summed E-state index contributed by atoms with van der Waals surface area (Å²) in [5.41, 5.74) is 1.22. The highest BCUT2D eigenvalue weighted by Crippen LogP contribution is 2.29. The van der Waals surface area contributed by atoms with Crippen LogP contribution < -0.4 is 10.6 Å². The summed E-state index contributed by atoms with van der Waals surface area (Å²) in [5, 5.41) is 7.37.